The summed E-state index contributed by atoms with van der Waals surface area (Å²) in [5, 5.41) is 7.11. The van der Waals surface area contributed by atoms with Gasteiger partial charge in [-0.25, -0.2) is 4.52 Å². The molecule has 0 aliphatic rings. The zero-order valence-corrected chi connectivity index (χ0v) is 12.0. The Morgan fingerprint density at radius 1 is 1.29 bits per heavy atom. The van der Waals surface area contributed by atoms with Crippen LogP contribution in [0, 0.1) is 6.92 Å². The number of imidazole rings is 1. The Labute approximate surface area is 123 Å². The number of aromatic nitrogens is 3. The third kappa shape index (κ3) is 3.13. The molecule has 0 atom stereocenters. The van der Waals surface area contributed by atoms with Crippen molar-refractivity contribution in [2.24, 2.45) is 0 Å². The highest BCUT2D eigenvalue weighted by molar-refractivity contribution is 5.78. The van der Waals surface area contributed by atoms with Gasteiger partial charge in [-0.1, -0.05) is 29.8 Å². The Morgan fingerprint density at radius 2 is 2.19 bits per heavy atom. The van der Waals surface area contributed by atoms with Crippen LogP contribution in [0.25, 0.3) is 5.65 Å². The minimum atomic E-state index is 0.0530. The molecule has 0 radical (unpaired) electrons. The van der Waals surface area contributed by atoms with Crippen molar-refractivity contribution in [2.75, 3.05) is 6.54 Å². The fourth-order valence-electron chi connectivity index (χ4n) is 2.44. The number of fused-ring (bicyclic) bond motifs is 1. The number of hydrogen-bond acceptors (Lipinski definition) is 2. The van der Waals surface area contributed by atoms with Crippen LogP contribution in [0.2, 0.25) is 0 Å². The average Bonchev–Trinajstić information content (AvgIpc) is 3.03. The van der Waals surface area contributed by atoms with E-state index in [2.05, 4.69) is 15.0 Å². The second-order valence-electron chi connectivity index (χ2n) is 5.14. The van der Waals surface area contributed by atoms with Crippen molar-refractivity contribution in [1.82, 2.24) is 19.5 Å². The van der Waals surface area contributed by atoms with Gasteiger partial charge in [0.2, 0.25) is 5.91 Å². The highest BCUT2D eigenvalue weighted by Crippen LogP contribution is 2.05. The van der Waals surface area contributed by atoms with Crippen molar-refractivity contribution in [3.8, 4) is 0 Å². The first-order valence-corrected chi connectivity index (χ1v) is 7.03. The van der Waals surface area contributed by atoms with Crippen LogP contribution in [0.4, 0.5) is 0 Å². The quantitative estimate of drug-likeness (QED) is 0.776. The van der Waals surface area contributed by atoms with Crippen LogP contribution in [0.15, 0.2) is 48.9 Å². The van der Waals surface area contributed by atoms with E-state index in [1.54, 1.807) is 6.20 Å². The Balaban J connectivity index is 1.51. The summed E-state index contributed by atoms with van der Waals surface area (Å²) in [6, 6.07) is 9.99. The molecule has 5 nitrogen and oxygen atoms in total. The number of carbonyl (C=O) groups is 1. The maximum atomic E-state index is 11.9. The van der Waals surface area contributed by atoms with E-state index in [0.29, 0.717) is 13.0 Å². The molecule has 2 aromatic heterocycles. The summed E-state index contributed by atoms with van der Waals surface area (Å²) >= 11 is 0. The number of nitrogens with one attached hydrogen (secondary N) is 1. The SMILES string of the molecule is Cc1cccc(CC(=O)NCCn2ccn3nccc23)c1. The number of aryl methyl sites for hydroxylation is 1. The van der Waals surface area contributed by atoms with Gasteiger partial charge in [-0.3, -0.25) is 4.79 Å². The van der Waals surface area contributed by atoms with Gasteiger partial charge in [0, 0.05) is 31.5 Å². The topological polar surface area (TPSA) is 51.3 Å². The van der Waals surface area contributed by atoms with Gasteiger partial charge in [-0.2, -0.15) is 5.10 Å². The van der Waals surface area contributed by atoms with Crippen molar-refractivity contribution < 1.29 is 4.79 Å². The van der Waals surface area contributed by atoms with Crippen molar-refractivity contribution in [2.45, 2.75) is 19.9 Å². The molecule has 2 heterocycles. The molecular formula is C16H18N4O. The normalized spacial score (nSPS) is 10.9. The van der Waals surface area contributed by atoms with Gasteiger partial charge in [0.25, 0.3) is 0 Å². The number of amides is 1. The van der Waals surface area contributed by atoms with Gasteiger partial charge in [-0.15, -0.1) is 0 Å². The standard InChI is InChI=1S/C16H18N4O/c1-13-3-2-4-14(11-13)12-15(21)17-7-8-19-9-10-20-16(19)5-6-18-20/h2-6,9-11H,7-8,12H2,1H3,(H,17,21). The first-order valence-electron chi connectivity index (χ1n) is 7.03. The van der Waals surface area contributed by atoms with E-state index in [9.17, 15) is 4.79 Å². The van der Waals surface area contributed by atoms with Crippen LogP contribution in [0.5, 0.6) is 0 Å². The smallest absolute Gasteiger partial charge is 0.224 e. The molecule has 0 unspecified atom stereocenters. The first kappa shape index (κ1) is 13.4. The Morgan fingerprint density at radius 3 is 3.05 bits per heavy atom. The molecule has 0 bridgehead atoms. The van der Waals surface area contributed by atoms with Crippen LogP contribution in [-0.2, 0) is 17.8 Å². The Kier molecular flexibility index (Phi) is 3.73. The molecule has 0 fully saturated rings. The summed E-state index contributed by atoms with van der Waals surface area (Å²) < 4.78 is 3.88. The summed E-state index contributed by atoms with van der Waals surface area (Å²) in [6.45, 7) is 3.38. The summed E-state index contributed by atoms with van der Waals surface area (Å²) in [5.41, 5.74) is 3.25. The second kappa shape index (κ2) is 5.83. The minimum absolute atomic E-state index is 0.0530. The lowest BCUT2D eigenvalue weighted by atomic mass is 10.1. The molecule has 108 valence electrons. The van der Waals surface area contributed by atoms with Gasteiger partial charge >= 0.3 is 0 Å². The van der Waals surface area contributed by atoms with Gasteiger partial charge in [0.1, 0.15) is 5.65 Å². The van der Waals surface area contributed by atoms with E-state index in [1.807, 2.05) is 54.2 Å². The maximum absolute atomic E-state index is 11.9. The first-order chi connectivity index (χ1) is 10.2. The molecule has 3 rings (SSSR count). The third-order valence-electron chi connectivity index (χ3n) is 3.45. The van der Waals surface area contributed by atoms with Crippen LogP contribution in [0.3, 0.4) is 0 Å². The lowest BCUT2D eigenvalue weighted by molar-refractivity contribution is -0.120. The molecule has 0 spiro atoms. The van der Waals surface area contributed by atoms with Crippen molar-refractivity contribution in [1.29, 1.82) is 0 Å². The fourth-order valence-corrected chi connectivity index (χ4v) is 2.44. The third-order valence-corrected chi connectivity index (χ3v) is 3.45. The maximum Gasteiger partial charge on any atom is 0.224 e. The number of carbonyl (C=O) groups excluding carboxylic acids is 1. The Bertz CT molecular complexity index is 756. The van der Waals surface area contributed by atoms with Crippen molar-refractivity contribution in [3.05, 3.63) is 60.0 Å². The van der Waals surface area contributed by atoms with Crippen LogP contribution >= 0.6 is 0 Å². The van der Waals surface area contributed by atoms with E-state index in [1.165, 1.54) is 5.56 Å². The number of benzene rings is 1. The van der Waals surface area contributed by atoms with E-state index < -0.39 is 0 Å². The summed E-state index contributed by atoms with van der Waals surface area (Å²) in [5.74, 6) is 0.0530. The molecule has 1 aromatic carbocycles. The summed E-state index contributed by atoms with van der Waals surface area (Å²) in [4.78, 5) is 11.9. The number of hydrogen-bond donors (Lipinski definition) is 1. The largest absolute Gasteiger partial charge is 0.354 e. The van der Waals surface area contributed by atoms with Gasteiger partial charge in [0.05, 0.1) is 12.6 Å². The zero-order valence-electron chi connectivity index (χ0n) is 12.0. The monoisotopic (exact) mass is 282 g/mol. The van der Waals surface area contributed by atoms with Crippen molar-refractivity contribution >= 4 is 11.6 Å². The Hall–Kier alpha value is -2.56. The van der Waals surface area contributed by atoms with Crippen LogP contribution in [-0.4, -0.2) is 26.6 Å². The molecule has 21 heavy (non-hydrogen) atoms. The fraction of sp³-hybridized carbons (Fsp3) is 0.250. The van der Waals surface area contributed by atoms with Crippen molar-refractivity contribution in [3.63, 3.8) is 0 Å². The highest BCUT2D eigenvalue weighted by atomic mass is 16.1. The second-order valence-corrected chi connectivity index (χ2v) is 5.14. The summed E-state index contributed by atoms with van der Waals surface area (Å²) in [7, 11) is 0. The summed E-state index contributed by atoms with van der Waals surface area (Å²) in [6.07, 6.45) is 6.07. The molecule has 5 heteroatoms. The minimum Gasteiger partial charge on any atom is -0.354 e. The highest BCUT2D eigenvalue weighted by Gasteiger charge is 2.04. The van der Waals surface area contributed by atoms with E-state index in [0.717, 1.165) is 17.8 Å². The lowest BCUT2D eigenvalue weighted by Gasteiger charge is -2.07. The number of rotatable bonds is 5. The predicted octanol–water partition coefficient (Wildman–Crippen LogP) is 1.80. The number of nitrogens with zero attached hydrogens (tertiary/aromatic N) is 3. The lowest BCUT2D eigenvalue weighted by Crippen LogP contribution is -2.28. The van der Waals surface area contributed by atoms with E-state index >= 15 is 0 Å². The van der Waals surface area contributed by atoms with Gasteiger partial charge < -0.3 is 9.88 Å². The molecular weight excluding hydrogens is 264 g/mol. The van der Waals surface area contributed by atoms with Crippen LogP contribution < -0.4 is 5.32 Å². The molecule has 3 aromatic rings. The molecule has 0 saturated heterocycles. The van der Waals surface area contributed by atoms with E-state index in [4.69, 9.17) is 0 Å². The molecule has 0 aliphatic carbocycles. The molecule has 1 N–H and O–H groups in total. The van der Waals surface area contributed by atoms with E-state index in [-0.39, 0.29) is 5.91 Å². The van der Waals surface area contributed by atoms with Gasteiger partial charge in [0.15, 0.2) is 0 Å². The predicted molar refractivity (Wildman–Crippen MR) is 81.1 cm³/mol. The molecule has 1 amide bonds. The zero-order chi connectivity index (χ0) is 14.7. The van der Waals surface area contributed by atoms with Gasteiger partial charge in [-0.05, 0) is 12.5 Å². The molecule has 0 saturated carbocycles. The van der Waals surface area contributed by atoms with Crippen LogP contribution in [0.1, 0.15) is 11.1 Å². The average molecular weight is 282 g/mol. The molecule has 0 aliphatic heterocycles.